The van der Waals surface area contributed by atoms with Crippen molar-refractivity contribution < 1.29 is 20.1 Å². The number of hydrogen-bond donors (Lipinski definition) is 4. The van der Waals surface area contributed by atoms with Gasteiger partial charge >= 0.3 is 0 Å². The number of aliphatic hydroxyl groups excluding tert-OH is 3. The Morgan fingerprint density at radius 2 is 0.850 bits per heavy atom. The first-order chi connectivity index (χ1) is 19.6. The number of nitrogens with one attached hydrogen (secondary N) is 1. The number of carbonyl (C=O) groups excluding carboxylic acids is 1. The lowest BCUT2D eigenvalue weighted by Crippen LogP contribution is -2.50. The van der Waals surface area contributed by atoms with E-state index in [0.29, 0.717) is 12.8 Å². The predicted molar refractivity (Wildman–Crippen MR) is 172 cm³/mol. The Morgan fingerprint density at radius 3 is 1.20 bits per heavy atom. The Balaban J connectivity index is 3.68. The molecular formula is C35H71NO4. The molecule has 0 radical (unpaired) electrons. The highest BCUT2D eigenvalue weighted by molar-refractivity contribution is 5.76. The van der Waals surface area contributed by atoms with E-state index in [0.717, 1.165) is 32.1 Å². The van der Waals surface area contributed by atoms with Crippen LogP contribution in [0.1, 0.15) is 194 Å². The summed E-state index contributed by atoms with van der Waals surface area (Å²) in [6, 6.07) is -0.800. The third-order valence-electron chi connectivity index (χ3n) is 8.46. The Bertz CT molecular complexity index is 516. The van der Waals surface area contributed by atoms with Crippen molar-refractivity contribution >= 4 is 5.91 Å². The second-order valence-corrected chi connectivity index (χ2v) is 12.4. The first-order valence-corrected chi connectivity index (χ1v) is 17.8. The molecule has 1 amide bonds. The first kappa shape index (κ1) is 39.4. The quantitative estimate of drug-likeness (QED) is 0.0608. The maximum Gasteiger partial charge on any atom is 0.220 e. The summed E-state index contributed by atoms with van der Waals surface area (Å²) in [4.78, 5) is 12.3. The molecule has 3 atom stereocenters. The number of amides is 1. The van der Waals surface area contributed by atoms with Gasteiger partial charge in [-0.25, -0.2) is 0 Å². The van der Waals surface area contributed by atoms with Crippen LogP contribution in [0.5, 0.6) is 0 Å². The van der Waals surface area contributed by atoms with Gasteiger partial charge < -0.3 is 20.6 Å². The Morgan fingerprint density at radius 1 is 0.525 bits per heavy atom. The van der Waals surface area contributed by atoms with Crippen molar-refractivity contribution in [3.8, 4) is 0 Å². The minimum atomic E-state index is -1.13. The maximum atomic E-state index is 12.3. The average Bonchev–Trinajstić information content (AvgIpc) is 2.96. The molecule has 0 aliphatic rings. The summed E-state index contributed by atoms with van der Waals surface area (Å²) >= 11 is 0. The molecule has 0 bridgehead atoms. The molecule has 240 valence electrons. The van der Waals surface area contributed by atoms with Crippen molar-refractivity contribution in [1.82, 2.24) is 5.32 Å². The molecule has 0 rings (SSSR count). The number of unbranched alkanes of at least 4 members (excludes halogenated alkanes) is 24. The zero-order valence-electron chi connectivity index (χ0n) is 27.0. The van der Waals surface area contributed by atoms with E-state index >= 15 is 0 Å². The van der Waals surface area contributed by atoms with Gasteiger partial charge in [-0.1, -0.05) is 174 Å². The molecule has 0 aliphatic carbocycles. The summed E-state index contributed by atoms with van der Waals surface area (Å²) in [7, 11) is 0. The third kappa shape index (κ3) is 26.3. The standard InChI is InChI=1S/C35H71NO4/c1-3-5-7-9-11-13-15-17-19-21-23-25-27-29-33(38)35(40)32(31-37)36-34(39)30-28-26-24-22-20-18-16-14-12-10-8-6-4-2/h32-33,35,37-38,40H,3-31H2,1-2H3,(H,36,39)/t32?,33-,35-/m0/s1. The van der Waals surface area contributed by atoms with Gasteiger partial charge in [0.1, 0.15) is 6.10 Å². The van der Waals surface area contributed by atoms with Crippen molar-refractivity contribution in [2.75, 3.05) is 6.61 Å². The van der Waals surface area contributed by atoms with Crippen LogP contribution < -0.4 is 5.32 Å². The van der Waals surface area contributed by atoms with E-state index in [1.54, 1.807) is 0 Å². The van der Waals surface area contributed by atoms with Crippen LogP contribution in [-0.4, -0.2) is 46.1 Å². The van der Waals surface area contributed by atoms with Crippen LogP contribution in [0.25, 0.3) is 0 Å². The molecule has 0 aliphatic heterocycles. The van der Waals surface area contributed by atoms with Gasteiger partial charge in [-0.05, 0) is 12.8 Å². The van der Waals surface area contributed by atoms with Crippen molar-refractivity contribution in [1.29, 1.82) is 0 Å². The number of carbonyl (C=O) groups is 1. The second-order valence-electron chi connectivity index (χ2n) is 12.4. The highest BCUT2D eigenvalue weighted by Crippen LogP contribution is 2.16. The minimum absolute atomic E-state index is 0.144. The van der Waals surface area contributed by atoms with Crippen LogP contribution in [0.3, 0.4) is 0 Å². The van der Waals surface area contributed by atoms with Crippen LogP contribution in [0.4, 0.5) is 0 Å². The van der Waals surface area contributed by atoms with Gasteiger partial charge in [0.25, 0.3) is 0 Å². The molecule has 0 fully saturated rings. The fourth-order valence-electron chi connectivity index (χ4n) is 5.63. The lowest BCUT2D eigenvalue weighted by molar-refractivity contribution is -0.124. The van der Waals surface area contributed by atoms with E-state index < -0.39 is 18.2 Å². The summed E-state index contributed by atoms with van der Waals surface area (Å²) in [5.74, 6) is -0.144. The lowest BCUT2D eigenvalue weighted by atomic mass is 9.99. The lowest BCUT2D eigenvalue weighted by Gasteiger charge is -2.26. The molecule has 0 aromatic rings. The maximum absolute atomic E-state index is 12.3. The Labute approximate surface area is 249 Å². The second kappa shape index (κ2) is 31.3. The molecule has 0 saturated heterocycles. The van der Waals surface area contributed by atoms with Crippen LogP contribution in [0, 0.1) is 0 Å². The highest BCUT2D eigenvalue weighted by atomic mass is 16.3. The van der Waals surface area contributed by atoms with Gasteiger partial charge in [0.2, 0.25) is 5.91 Å². The fraction of sp³-hybridized carbons (Fsp3) is 0.971. The van der Waals surface area contributed by atoms with Gasteiger partial charge in [0, 0.05) is 6.42 Å². The number of rotatable bonds is 32. The smallest absolute Gasteiger partial charge is 0.220 e. The fourth-order valence-corrected chi connectivity index (χ4v) is 5.63. The van der Waals surface area contributed by atoms with Crippen LogP contribution in [0.2, 0.25) is 0 Å². The van der Waals surface area contributed by atoms with Gasteiger partial charge in [-0.2, -0.15) is 0 Å². The number of hydrogen-bond acceptors (Lipinski definition) is 4. The molecule has 0 heterocycles. The molecule has 4 N–H and O–H groups in total. The molecule has 40 heavy (non-hydrogen) atoms. The van der Waals surface area contributed by atoms with Crippen molar-refractivity contribution in [3.63, 3.8) is 0 Å². The number of aliphatic hydroxyl groups is 3. The topological polar surface area (TPSA) is 89.8 Å². The summed E-state index contributed by atoms with van der Waals surface area (Å²) < 4.78 is 0. The van der Waals surface area contributed by atoms with Crippen molar-refractivity contribution in [2.45, 2.75) is 212 Å². The summed E-state index contributed by atoms with van der Waals surface area (Å²) in [5.41, 5.74) is 0. The molecular weight excluding hydrogens is 498 g/mol. The monoisotopic (exact) mass is 570 g/mol. The Kier molecular flexibility index (Phi) is 30.8. The van der Waals surface area contributed by atoms with Gasteiger partial charge in [-0.15, -0.1) is 0 Å². The van der Waals surface area contributed by atoms with Gasteiger partial charge in [0.05, 0.1) is 18.8 Å². The highest BCUT2D eigenvalue weighted by Gasteiger charge is 2.26. The Hall–Kier alpha value is -0.650. The van der Waals surface area contributed by atoms with E-state index in [1.165, 1.54) is 135 Å². The predicted octanol–water partition coefficient (Wildman–Crippen LogP) is 9.15. The molecule has 0 aromatic heterocycles. The van der Waals surface area contributed by atoms with Crippen LogP contribution in [-0.2, 0) is 4.79 Å². The molecule has 5 nitrogen and oxygen atoms in total. The molecule has 1 unspecified atom stereocenters. The van der Waals surface area contributed by atoms with E-state index in [9.17, 15) is 20.1 Å². The van der Waals surface area contributed by atoms with E-state index in [2.05, 4.69) is 19.2 Å². The average molecular weight is 570 g/mol. The summed E-state index contributed by atoms with van der Waals surface area (Å²) in [5, 5.41) is 33.3. The van der Waals surface area contributed by atoms with E-state index in [4.69, 9.17) is 0 Å². The van der Waals surface area contributed by atoms with Gasteiger partial charge in [0.15, 0.2) is 0 Å². The molecule has 0 aromatic carbocycles. The zero-order valence-corrected chi connectivity index (χ0v) is 27.0. The molecule has 0 spiro atoms. The first-order valence-electron chi connectivity index (χ1n) is 17.8. The van der Waals surface area contributed by atoms with Crippen LogP contribution in [0.15, 0.2) is 0 Å². The summed E-state index contributed by atoms with van der Waals surface area (Å²) in [6.07, 6.45) is 31.8. The van der Waals surface area contributed by atoms with Gasteiger partial charge in [-0.3, -0.25) is 4.79 Å². The van der Waals surface area contributed by atoms with E-state index in [1.807, 2.05) is 0 Å². The largest absolute Gasteiger partial charge is 0.394 e. The van der Waals surface area contributed by atoms with Crippen molar-refractivity contribution in [3.05, 3.63) is 0 Å². The third-order valence-corrected chi connectivity index (χ3v) is 8.46. The minimum Gasteiger partial charge on any atom is -0.394 e. The van der Waals surface area contributed by atoms with Crippen molar-refractivity contribution in [2.24, 2.45) is 0 Å². The SMILES string of the molecule is CCCCCCCCCCCCCCCC(=O)NC(CO)[C@H](O)[C@@H](O)CCCCCCCCCCCCCCC. The van der Waals surface area contributed by atoms with E-state index in [-0.39, 0.29) is 12.5 Å². The van der Waals surface area contributed by atoms with Crippen LogP contribution >= 0.6 is 0 Å². The molecule has 0 saturated carbocycles. The molecule has 5 heteroatoms. The normalized spacial score (nSPS) is 13.8. The zero-order chi connectivity index (χ0) is 29.5. The summed E-state index contributed by atoms with van der Waals surface area (Å²) in [6.45, 7) is 4.16.